The Morgan fingerprint density at radius 3 is 3.00 bits per heavy atom. The van der Waals surface area contributed by atoms with Crippen molar-refractivity contribution in [2.45, 2.75) is 31.2 Å². The Morgan fingerprint density at radius 2 is 2.31 bits per heavy atom. The fourth-order valence-electron chi connectivity index (χ4n) is 1.93. The zero-order valence-electron chi connectivity index (χ0n) is 10.0. The van der Waals surface area contributed by atoms with Gasteiger partial charge in [0.25, 0.3) is 0 Å². The molecule has 0 bridgehead atoms. The van der Waals surface area contributed by atoms with Crippen molar-refractivity contribution in [2.75, 3.05) is 39.5 Å². The Bertz CT molecular complexity index is 201. The lowest BCUT2D eigenvalue weighted by molar-refractivity contribution is 0.121. The molecule has 4 heteroatoms. The first-order valence-electron chi connectivity index (χ1n) is 6.44. The van der Waals surface area contributed by atoms with Crippen LogP contribution >= 0.6 is 0 Å². The summed E-state index contributed by atoms with van der Waals surface area (Å²) >= 11 is 0. The molecule has 94 valence electrons. The Labute approximate surface area is 97.9 Å². The third-order valence-electron chi connectivity index (χ3n) is 3.30. The molecular weight excluding hydrogens is 204 g/mol. The maximum Gasteiger partial charge on any atom is 0.0659 e. The van der Waals surface area contributed by atoms with Gasteiger partial charge in [0.1, 0.15) is 0 Å². The van der Waals surface area contributed by atoms with Gasteiger partial charge in [0.15, 0.2) is 0 Å². The zero-order chi connectivity index (χ0) is 11.3. The minimum atomic E-state index is -0.130. The van der Waals surface area contributed by atoms with Crippen LogP contribution in [-0.2, 0) is 9.47 Å². The highest BCUT2D eigenvalue weighted by Gasteiger charge is 2.29. The van der Waals surface area contributed by atoms with Gasteiger partial charge in [0.05, 0.1) is 12.1 Å². The molecule has 2 fully saturated rings. The highest BCUT2D eigenvalue weighted by atomic mass is 16.5. The van der Waals surface area contributed by atoms with E-state index in [0.29, 0.717) is 6.61 Å². The highest BCUT2D eigenvalue weighted by Crippen LogP contribution is 2.28. The lowest BCUT2D eigenvalue weighted by Gasteiger charge is -2.22. The second-order valence-electron chi connectivity index (χ2n) is 5.21. The second kappa shape index (κ2) is 5.96. The third kappa shape index (κ3) is 4.37. The van der Waals surface area contributed by atoms with E-state index in [4.69, 9.17) is 15.2 Å². The molecule has 16 heavy (non-hydrogen) atoms. The van der Waals surface area contributed by atoms with E-state index in [9.17, 15) is 0 Å². The number of nitrogens with one attached hydrogen (secondary N) is 1. The number of hydrogen-bond donors (Lipinski definition) is 2. The average Bonchev–Trinajstić information content (AvgIpc) is 2.99. The molecule has 2 rings (SSSR count). The Balaban J connectivity index is 1.39. The van der Waals surface area contributed by atoms with Crippen molar-refractivity contribution in [3.63, 3.8) is 0 Å². The van der Waals surface area contributed by atoms with Crippen molar-refractivity contribution in [1.29, 1.82) is 0 Å². The van der Waals surface area contributed by atoms with Crippen LogP contribution in [-0.4, -0.2) is 45.1 Å². The standard InChI is InChI=1S/C12H24N2O2/c13-12(4-7-16-10-12)9-14-5-1-6-15-8-11-2-3-11/h11,14H,1-10,13H2. The van der Waals surface area contributed by atoms with Crippen molar-refractivity contribution in [3.8, 4) is 0 Å². The van der Waals surface area contributed by atoms with Gasteiger partial charge in [-0.2, -0.15) is 0 Å². The molecule has 1 atom stereocenters. The van der Waals surface area contributed by atoms with Gasteiger partial charge in [0, 0.05) is 26.4 Å². The molecule has 3 N–H and O–H groups in total. The van der Waals surface area contributed by atoms with Crippen LogP contribution in [0.25, 0.3) is 0 Å². The molecule has 1 saturated heterocycles. The summed E-state index contributed by atoms with van der Waals surface area (Å²) in [5, 5.41) is 3.39. The van der Waals surface area contributed by atoms with E-state index in [1.807, 2.05) is 0 Å². The Morgan fingerprint density at radius 1 is 1.44 bits per heavy atom. The molecule has 1 aliphatic heterocycles. The highest BCUT2D eigenvalue weighted by molar-refractivity contribution is 4.89. The van der Waals surface area contributed by atoms with Gasteiger partial charge in [-0.05, 0) is 38.1 Å². The van der Waals surface area contributed by atoms with Gasteiger partial charge >= 0.3 is 0 Å². The summed E-state index contributed by atoms with van der Waals surface area (Å²) in [6.45, 7) is 5.19. The summed E-state index contributed by atoms with van der Waals surface area (Å²) in [6, 6.07) is 0. The third-order valence-corrected chi connectivity index (χ3v) is 3.30. The summed E-state index contributed by atoms with van der Waals surface area (Å²) in [7, 11) is 0. The first-order chi connectivity index (χ1) is 7.79. The molecular formula is C12H24N2O2. The van der Waals surface area contributed by atoms with Gasteiger partial charge in [0.2, 0.25) is 0 Å². The minimum absolute atomic E-state index is 0.130. The second-order valence-corrected chi connectivity index (χ2v) is 5.21. The van der Waals surface area contributed by atoms with E-state index in [1.54, 1.807) is 0 Å². The molecule has 0 spiro atoms. The molecule has 1 heterocycles. The topological polar surface area (TPSA) is 56.5 Å². The first kappa shape index (κ1) is 12.3. The van der Waals surface area contributed by atoms with Crippen LogP contribution in [0.2, 0.25) is 0 Å². The molecule has 1 aliphatic carbocycles. The Hall–Kier alpha value is -0.160. The molecule has 1 saturated carbocycles. The maximum atomic E-state index is 6.13. The van der Waals surface area contributed by atoms with Crippen molar-refractivity contribution in [2.24, 2.45) is 11.7 Å². The summed E-state index contributed by atoms with van der Waals surface area (Å²) in [5.41, 5.74) is 6.00. The minimum Gasteiger partial charge on any atom is -0.381 e. The predicted octanol–water partition coefficient (Wildman–Crippen LogP) is 0.510. The van der Waals surface area contributed by atoms with Crippen LogP contribution in [0.5, 0.6) is 0 Å². The van der Waals surface area contributed by atoms with Crippen LogP contribution in [0.4, 0.5) is 0 Å². The normalized spacial score (nSPS) is 29.8. The first-order valence-corrected chi connectivity index (χ1v) is 6.44. The smallest absolute Gasteiger partial charge is 0.0659 e. The van der Waals surface area contributed by atoms with Crippen molar-refractivity contribution in [1.82, 2.24) is 5.32 Å². The summed E-state index contributed by atoms with van der Waals surface area (Å²) in [4.78, 5) is 0. The van der Waals surface area contributed by atoms with Gasteiger partial charge in [-0.1, -0.05) is 0 Å². The number of ether oxygens (including phenoxy) is 2. The summed E-state index contributed by atoms with van der Waals surface area (Å²) < 4.78 is 10.9. The molecule has 0 amide bonds. The van der Waals surface area contributed by atoms with E-state index >= 15 is 0 Å². The largest absolute Gasteiger partial charge is 0.381 e. The number of hydrogen-bond acceptors (Lipinski definition) is 4. The van der Waals surface area contributed by atoms with E-state index < -0.39 is 0 Å². The molecule has 2 aliphatic rings. The van der Waals surface area contributed by atoms with Crippen molar-refractivity contribution < 1.29 is 9.47 Å². The van der Waals surface area contributed by atoms with Crippen LogP contribution < -0.4 is 11.1 Å². The summed E-state index contributed by atoms with van der Waals surface area (Å²) in [5.74, 6) is 0.871. The monoisotopic (exact) mass is 228 g/mol. The van der Waals surface area contributed by atoms with Crippen molar-refractivity contribution in [3.05, 3.63) is 0 Å². The van der Waals surface area contributed by atoms with Gasteiger partial charge < -0.3 is 20.5 Å². The van der Waals surface area contributed by atoms with E-state index in [0.717, 1.165) is 51.7 Å². The average molecular weight is 228 g/mol. The Kier molecular flexibility index (Phi) is 4.58. The van der Waals surface area contributed by atoms with Crippen LogP contribution in [0.1, 0.15) is 25.7 Å². The van der Waals surface area contributed by atoms with E-state index in [1.165, 1.54) is 12.8 Å². The van der Waals surface area contributed by atoms with Gasteiger partial charge in [-0.25, -0.2) is 0 Å². The number of nitrogens with two attached hydrogens (primary N) is 1. The van der Waals surface area contributed by atoms with Crippen molar-refractivity contribution >= 4 is 0 Å². The lowest BCUT2D eigenvalue weighted by Crippen LogP contribution is -2.49. The fraction of sp³-hybridized carbons (Fsp3) is 1.00. The molecule has 0 aromatic carbocycles. The molecule has 1 unspecified atom stereocenters. The molecule has 0 radical (unpaired) electrons. The van der Waals surface area contributed by atoms with E-state index in [2.05, 4.69) is 5.32 Å². The summed E-state index contributed by atoms with van der Waals surface area (Å²) in [6.07, 6.45) is 4.78. The quantitative estimate of drug-likeness (QED) is 0.594. The van der Waals surface area contributed by atoms with E-state index in [-0.39, 0.29) is 5.54 Å². The van der Waals surface area contributed by atoms with Crippen LogP contribution in [0.15, 0.2) is 0 Å². The fourth-order valence-corrected chi connectivity index (χ4v) is 1.93. The molecule has 4 nitrogen and oxygen atoms in total. The SMILES string of the molecule is NC1(CNCCCOCC2CC2)CCOC1. The maximum absolute atomic E-state index is 6.13. The lowest BCUT2D eigenvalue weighted by atomic mass is 10.0. The van der Waals surface area contributed by atoms with Crippen LogP contribution in [0, 0.1) is 5.92 Å². The van der Waals surface area contributed by atoms with Crippen LogP contribution in [0.3, 0.4) is 0 Å². The molecule has 0 aromatic rings. The van der Waals surface area contributed by atoms with Gasteiger partial charge in [-0.3, -0.25) is 0 Å². The predicted molar refractivity (Wildman–Crippen MR) is 63.4 cm³/mol. The molecule has 0 aromatic heterocycles. The number of rotatable bonds is 8. The van der Waals surface area contributed by atoms with Gasteiger partial charge in [-0.15, -0.1) is 0 Å². The zero-order valence-corrected chi connectivity index (χ0v) is 10.0.